The molecule has 2 N–H and O–H groups in total. The average molecular weight is 549 g/mol. The van der Waals surface area contributed by atoms with Gasteiger partial charge in [0.15, 0.2) is 6.10 Å². The molecule has 2 unspecified atom stereocenters. The van der Waals surface area contributed by atoms with Gasteiger partial charge in [0.2, 0.25) is 0 Å². The number of aromatic nitrogens is 1. The lowest BCUT2D eigenvalue weighted by Gasteiger charge is -2.41. The number of primary amides is 1. The highest BCUT2D eigenvalue weighted by molar-refractivity contribution is 7.09. The number of rotatable bonds is 8. The van der Waals surface area contributed by atoms with Crippen molar-refractivity contribution in [2.24, 2.45) is 5.73 Å². The summed E-state index contributed by atoms with van der Waals surface area (Å²) in [5, 5.41) is 2.11. The van der Waals surface area contributed by atoms with Crippen LogP contribution in [0.3, 0.4) is 0 Å². The normalized spacial score (nSPS) is 16.7. The molecule has 2 heterocycles. The number of nitrogens with two attached hydrogens (primary N) is 1. The minimum atomic E-state index is -4.81. The minimum absolute atomic E-state index is 0.00564. The van der Waals surface area contributed by atoms with Crippen molar-refractivity contribution in [1.29, 1.82) is 0 Å². The summed E-state index contributed by atoms with van der Waals surface area (Å²) in [6.45, 7) is 5.89. The van der Waals surface area contributed by atoms with E-state index in [9.17, 15) is 22.8 Å². The molecule has 38 heavy (non-hydrogen) atoms. The van der Waals surface area contributed by atoms with Gasteiger partial charge < -0.3 is 25.0 Å². The number of ether oxygens (including phenoxy) is 2. The maximum atomic E-state index is 13.1. The third-order valence-corrected chi connectivity index (χ3v) is 6.94. The lowest BCUT2D eigenvalue weighted by atomic mass is 10.1. The zero-order valence-corrected chi connectivity index (χ0v) is 21.6. The lowest BCUT2D eigenvalue weighted by Crippen LogP contribution is -2.53. The molecule has 1 saturated heterocycles. The van der Waals surface area contributed by atoms with Crippen LogP contribution in [0.25, 0.3) is 0 Å². The Hall–Kier alpha value is -3.80. The molecular weight excluding hydrogens is 521 g/mol. The number of hydrogen-bond acceptors (Lipinski definition) is 7. The highest BCUT2D eigenvalue weighted by Gasteiger charge is 2.31. The monoisotopic (exact) mass is 548 g/mol. The molecule has 2 amide bonds. The van der Waals surface area contributed by atoms with E-state index < -0.39 is 24.1 Å². The van der Waals surface area contributed by atoms with Gasteiger partial charge in [-0.05, 0) is 50.2 Å². The fourth-order valence-corrected chi connectivity index (χ4v) is 4.97. The zero-order valence-electron chi connectivity index (χ0n) is 20.8. The topological polar surface area (TPSA) is 98.0 Å². The predicted octanol–water partition coefficient (Wildman–Crippen LogP) is 4.18. The van der Waals surface area contributed by atoms with Crippen molar-refractivity contribution in [1.82, 2.24) is 9.88 Å². The second-order valence-electron chi connectivity index (χ2n) is 8.99. The number of thiazole rings is 1. The van der Waals surface area contributed by atoms with Crippen LogP contribution in [0.1, 0.15) is 28.0 Å². The molecule has 0 saturated carbocycles. The third-order valence-electron chi connectivity index (χ3n) is 6.06. The fraction of sp³-hybridized carbons (Fsp3) is 0.346. The Balaban J connectivity index is 1.36. The van der Waals surface area contributed by atoms with Gasteiger partial charge in [-0.15, -0.1) is 24.5 Å². The third kappa shape index (κ3) is 6.94. The Morgan fingerprint density at radius 2 is 1.76 bits per heavy atom. The summed E-state index contributed by atoms with van der Waals surface area (Å²) in [5.74, 6) is -1.25. The average Bonchev–Trinajstić information content (AvgIpc) is 3.32. The molecule has 1 aliphatic heterocycles. The highest BCUT2D eigenvalue weighted by Crippen LogP contribution is 2.26. The molecule has 3 aromatic rings. The van der Waals surface area contributed by atoms with Gasteiger partial charge in [0.1, 0.15) is 17.2 Å². The molecule has 0 aliphatic carbocycles. The Kier molecular flexibility index (Phi) is 8.10. The summed E-state index contributed by atoms with van der Waals surface area (Å²) in [7, 11) is 0. The molecule has 1 aliphatic rings. The molecule has 8 nitrogen and oxygen atoms in total. The van der Waals surface area contributed by atoms with E-state index in [2.05, 4.69) is 45.8 Å². The first-order valence-electron chi connectivity index (χ1n) is 11.9. The molecule has 12 heteroatoms. The van der Waals surface area contributed by atoms with E-state index >= 15 is 0 Å². The molecule has 1 aromatic heterocycles. The number of hydrogen-bond donors (Lipinski definition) is 1. The Bertz CT molecular complexity index is 1260. The van der Waals surface area contributed by atoms with Crippen LogP contribution in [-0.4, -0.2) is 59.8 Å². The number of nitrogens with zero attached hydrogens (tertiary/aromatic N) is 3. The number of carbonyl (C=O) groups excluding carboxylic acids is 2. The first-order valence-corrected chi connectivity index (χ1v) is 12.8. The summed E-state index contributed by atoms with van der Waals surface area (Å²) in [6, 6.07) is 13.0. The van der Waals surface area contributed by atoms with E-state index in [4.69, 9.17) is 10.5 Å². The number of carbonyl (C=O) groups is 2. The summed E-state index contributed by atoms with van der Waals surface area (Å²) < 4.78 is 46.4. The molecule has 4 rings (SSSR count). The molecule has 0 bridgehead atoms. The maximum Gasteiger partial charge on any atom is 0.573 e. The standard InChI is InChI=1S/C26H27F3N4O4S/c1-16-3-5-18(6-4-16)33-12-11-32(14-17(33)2)25(35)21-15-38-23(31-21)13-22(24(30)34)36-19-7-9-20(10-8-19)37-26(27,28)29/h3-10,15,17,22H,11-14H2,1-2H3,(H2,30,34). The quantitative estimate of drug-likeness (QED) is 0.454. The van der Waals surface area contributed by atoms with Crippen LogP contribution in [-0.2, 0) is 11.2 Å². The molecule has 202 valence electrons. The van der Waals surface area contributed by atoms with Crippen LogP contribution < -0.4 is 20.1 Å². The Morgan fingerprint density at radius 3 is 2.37 bits per heavy atom. The van der Waals surface area contributed by atoms with Gasteiger partial charge in [-0.25, -0.2) is 4.98 Å². The van der Waals surface area contributed by atoms with Gasteiger partial charge in [0.05, 0.1) is 5.01 Å². The van der Waals surface area contributed by atoms with Crippen LogP contribution >= 0.6 is 11.3 Å². The van der Waals surface area contributed by atoms with Gasteiger partial charge >= 0.3 is 6.36 Å². The fourth-order valence-electron chi connectivity index (χ4n) is 4.17. The van der Waals surface area contributed by atoms with Crippen molar-refractivity contribution < 1.29 is 32.2 Å². The van der Waals surface area contributed by atoms with Gasteiger partial charge in [0.25, 0.3) is 11.8 Å². The first kappa shape index (κ1) is 27.2. The van der Waals surface area contributed by atoms with Crippen molar-refractivity contribution in [2.45, 2.75) is 38.8 Å². The van der Waals surface area contributed by atoms with E-state index in [-0.39, 0.29) is 29.8 Å². The molecule has 0 spiro atoms. The van der Waals surface area contributed by atoms with Crippen LogP contribution in [0, 0.1) is 6.92 Å². The number of piperazine rings is 1. The van der Waals surface area contributed by atoms with Crippen molar-refractivity contribution in [3.05, 3.63) is 70.2 Å². The number of amides is 2. The van der Waals surface area contributed by atoms with E-state index in [0.29, 0.717) is 24.6 Å². The Morgan fingerprint density at radius 1 is 1.11 bits per heavy atom. The number of alkyl halides is 3. The first-order chi connectivity index (χ1) is 18.0. The van der Waals surface area contributed by atoms with Gasteiger partial charge in [-0.2, -0.15) is 0 Å². The second-order valence-corrected chi connectivity index (χ2v) is 9.93. The Labute approximate surface area is 221 Å². The predicted molar refractivity (Wildman–Crippen MR) is 136 cm³/mol. The van der Waals surface area contributed by atoms with E-state index in [1.807, 2.05) is 6.92 Å². The zero-order chi connectivity index (χ0) is 27.4. The molecule has 2 atom stereocenters. The van der Waals surface area contributed by atoms with E-state index in [1.54, 1.807) is 10.3 Å². The largest absolute Gasteiger partial charge is 0.573 e. The van der Waals surface area contributed by atoms with Crippen molar-refractivity contribution in [3.63, 3.8) is 0 Å². The minimum Gasteiger partial charge on any atom is -0.480 e. The van der Waals surface area contributed by atoms with Crippen molar-refractivity contribution in [3.8, 4) is 11.5 Å². The molecular formula is C26H27F3N4O4S. The highest BCUT2D eigenvalue weighted by atomic mass is 32.1. The van der Waals surface area contributed by atoms with Crippen LogP contribution in [0.2, 0.25) is 0 Å². The molecule has 1 fully saturated rings. The maximum absolute atomic E-state index is 13.1. The van der Waals surface area contributed by atoms with Gasteiger partial charge in [0, 0.05) is 43.2 Å². The summed E-state index contributed by atoms with van der Waals surface area (Å²) in [5.41, 5.74) is 8.05. The number of benzene rings is 2. The van der Waals surface area contributed by atoms with Gasteiger partial charge in [-0.3, -0.25) is 9.59 Å². The summed E-state index contributed by atoms with van der Waals surface area (Å²) in [4.78, 5) is 33.5. The molecule has 2 aromatic carbocycles. The SMILES string of the molecule is Cc1ccc(N2CCN(C(=O)c3csc(CC(Oc4ccc(OC(F)(F)F)cc4)C(N)=O)n3)CC2C)cc1. The summed E-state index contributed by atoms with van der Waals surface area (Å²) in [6.07, 6.45) is -5.94. The smallest absolute Gasteiger partial charge is 0.480 e. The van der Waals surface area contributed by atoms with Crippen LogP contribution in [0.5, 0.6) is 11.5 Å². The lowest BCUT2D eigenvalue weighted by molar-refractivity contribution is -0.274. The van der Waals surface area contributed by atoms with Crippen molar-refractivity contribution in [2.75, 3.05) is 24.5 Å². The number of halogens is 3. The molecule has 0 radical (unpaired) electrons. The van der Waals surface area contributed by atoms with Gasteiger partial charge in [-0.1, -0.05) is 17.7 Å². The number of anilines is 1. The number of aryl methyl sites for hydroxylation is 1. The van der Waals surface area contributed by atoms with Crippen LogP contribution in [0.4, 0.5) is 18.9 Å². The van der Waals surface area contributed by atoms with Crippen LogP contribution in [0.15, 0.2) is 53.9 Å². The second kappa shape index (κ2) is 11.3. The van der Waals surface area contributed by atoms with E-state index in [1.165, 1.54) is 29.0 Å². The van der Waals surface area contributed by atoms with Crippen molar-refractivity contribution >= 4 is 28.8 Å². The van der Waals surface area contributed by atoms with E-state index in [0.717, 1.165) is 17.8 Å². The summed E-state index contributed by atoms with van der Waals surface area (Å²) >= 11 is 1.20.